The van der Waals surface area contributed by atoms with E-state index in [4.69, 9.17) is 4.74 Å². The van der Waals surface area contributed by atoms with Crippen molar-refractivity contribution < 1.29 is 9.53 Å². The second kappa shape index (κ2) is 7.92. The summed E-state index contributed by atoms with van der Waals surface area (Å²) in [6.07, 6.45) is 0.0623. The molecule has 0 heterocycles. The first-order chi connectivity index (χ1) is 8.97. The van der Waals surface area contributed by atoms with Gasteiger partial charge in [0.1, 0.15) is 6.61 Å². The van der Waals surface area contributed by atoms with Crippen molar-refractivity contribution in [2.45, 2.75) is 46.4 Å². The smallest absolute Gasteiger partial charge is 0.250 e. The van der Waals surface area contributed by atoms with Crippen LogP contribution in [0.5, 0.6) is 0 Å². The molecule has 0 atom stereocenters. The SMILES string of the molecule is CC(C)NCc1cccc(NC(=O)COC(C)C)c1. The summed E-state index contributed by atoms with van der Waals surface area (Å²) in [4.78, 5) is 11.6. The maximum atomic E-state index is 11.6. The molecule has 0 bridgehead atoms. The Morgan fingerprint density at radius 3 is 2.63 bits per heavy atom. The first-order valence-electron chi connectivity index (χ1n) is 6.71. The first kappa shape index (κ1) is 15.7. The van der Waals surface area contributed by atoms with Crippen molar-refractivity contribution in [1.82, 2.24) is 5.32 Å². The van der Waals surface area contributed by atoms with E-state index in [0.717, 1.165) is 17.8 Å². The van der Waals surface area contributed by atoms with Crippen molar-refractivity contribution in [3.63, 3.8) is 0 Å². The molecule has 1 rings (SSSR count). The summed E-state index contributed by atoms with van der Waals surface area (Å²) >= 11 is 0. The second-order valence-electron chi connectivity index (χ2n) is 5.14. The molecule has 106 valence electrons. The average Bonchev–Trinajstić information content (AvgIpc) is 2.34. The number of carbonyl (C=O) groups is 1. The van der Waals surface area contributed by atoms with E-state index >= 15 is 0 Å². The third kappa shape index (κ3) is 6.94. The van der Waals surface area contributed by atoms with Crippen LogP contribution in [-0.4, -0.2) is 24.7 Å². The van der Waals surface area contributed by atoms with Gasteiger partial charge in [0, 0.05) is 18.3 Å². The van der Waals surface area contributed by atoms with Gasteiger partial charge in [-0.15, -0.1) is 0 Å². The lowest BCUT2D eigenvalue weighted by atomic mass is 10.2. The Kier molecular flexibility index (Phi) is 6.53. The molecule has 1 aromatic rings. The normalized spacial score (nSPS) is 11.1. The molecule has 4 heteroatoms. The molecule has 0 spiro atoms. The van der Waals surface area contributed by atoms with Gasteiger partial charge in [-0.05, 0) is 31.5 Å². The molecule has 2 N–H and O–H groups in total. The standard InChI is InChI=1S/C15H24N2O2/c1-11(2)16-9-13-6-5-7-14(8-13)17-15(18)10-19-12(3)4/h5-8,11-12,16H,9-10H2,1-4H3,(H,17,18). The summed E-state index contributed by atoms with van der Waals surface area (Å²) in [5.74, 6) is -0.123. The maximum absolute atomic E-state index is 11.6. The van der Waals surface area contributed by atoms with E-state index in [1.807, 2.05) is 38.1 Å². The summed E-state index contributed by atoms with van der Waals surface area (Å²) in [6, 6.07) is 8.28. The molecular weight excluding hydrogens is 240 g/mol. The third-order valence-electron chi connectivity index (χ3n) is 2.47. The Labute approximate surface area is 115 Å². The minimum absolute atomic E-state index is 0.0623. The maximum Gasteiger partial charge on any atom is 0.250 e. The molecule has 4 nitrogen and oxygen atoms in total. The van der Waals surface area contributed by atoms with Crippen LogP contribution < -0.4 is 10.6 Å². The zero-order valence-electron chi connectivity index (χ0n) is 12.2. The minimum atomic E-state index is -0.123. The van der Waals surface area contributed by atoms with Crippen LogP contribution in [0.25, 0.3) is 0 Å². The molecule has 1 aromatic carbocycles. The topological polar surface area (TPSA) is 50.4 Å². The van der Waals surface area contributed by atoms with Gasteiger partial charge in [0.15, 0.2) is 0 Å². The number of anilines is 1. The van der Waals surface area contributed by atoms with Crippen molar-refractivity contribution >= 4 is 11.6 Å². The summed E-state index contributed by atoms with van der Waals surface area (Å²) in [5, 5.41) is 6.18. The van der Waals surface area contributed by atoms with Crippen LogP contribution in [0.4, 0.5) is 5.69 Å². The number of benzene rings is 1. The highest BCUT2D eigenvalue weighted by Crippen LogP contribution is 2.10. The van der Waals surface area contributed by atoms with Gasteiger partial charge in [-0.1, -0.05) is 26.0 Å². The largest absolute Gasteiger partial charge is 0.369 e. The van der Waals surface area contributed by atoms with Gasteiger partial charge in [-0.25, -0.2) is 0 Å². The van der Waals surface area contributed by atoms with Crippen molar-refractivity contribution in [3.05, 3.63) is 29.8 Å². The van der Waals surface area contributed by atoms with Gasteiger partial charge >= 0.3 is 0 Å². The Hall–Kier alpha value is -1.39. The van der Waals surface area contributed by atoms with Gasteiger partial charge < -0.3 is 15.4 Å². The van der Waals surface area contributed by atoms with Crippen LogP contribution in [0, 0.1) is 0 Å². The molecule has 0 saturated heterocycles. The van der Waals surface area contributed by atoms with Crippen molar-refractivity contribution in [2.24, 2.45) is 0 Å². The predicted molar refractivity (Wildman–Crippen MR) is 78.1 cm³/mol. The monoisotopic (exact) mass is 264 g/mol. The molecule has 0 fully saturated rings. The Morgan fingerprint density at radius 1 is 1.26 bits per heavy atom. The average molecular weight is 264 g/mol. The first-order valence-corrected chi connectivity index (χ1v) is 6.71. The lowest BCUT2D eigenvalue weighted by Crippen LogP contribution is -2.22. The fourth-order valence-corrected chi connectivity index (χ4v) is 1.52. The number of hydrogen-bond acceptors (Lipinski definition) is 3. The summed E-state index contributed by atoms with van der Waals surface area (Å²) in [5.41, 5.74) is 1.96. The molecule has 0 aromatic heterocycles. The second-order valence-corrected chi connectivity index (χ2v) is 5.14. The van der Waals surface area contributed by atoms with E-state index < -0.39 is 0 Å². The van der Waals surface area contributed by atoms with Crippen molar-refractivity contribution in [1.29, 1.82) is 0 Å². The Morgan fingerprint density at radius 2 is 2.00 bits per heavy atom. The number of nitrogens with one attached hydrogen (secondary N) is 2. The number of rotatable bonds is 7. The number of carbonyl (C=O) groups excluding carboxylic acids is 1. The summed E-state index contributed by atoms with van der Waals surface area (Å²) < 4.78 is 5.26. The van der Waals surface area contributed by atoms with Crippen molar-refractivity contribution in [3.8, 4) is 0 Å². The van der Waals surface area contributed by atoms with Gasteiger partial charge in [-0.2, -0.15) is 0 Å². The van der Waals surface area contributed by atoms with E-state index in [0.29, 0.717) is 6.04 Å². The predicted octanol–water partition coefficient (Wildman–Crippen LogP) is 2.55. The van der Waals surface area contributed by atoms with Gasteiger partial charge in [0.05, 0.1) is 6.10 Å². The van der Waals surface area contributed by atoms with Crippen LogP contribution >= 0.6 is 0 Å². The zero-order valence-corrected chi connectivity index (χ0v) is 12.2. The minimum Gasteiger partial charge on any atom is -0.369 e. The lowest BCUT2D eigenvalue weighted by molar-refractivity contribution is -0.121. The van der Waals surface area contributed by atoms with E-state index in [9.17, 15) is 4.79 Å². The fourth-order valence-electron chi connectivity index (χ4n) is 1.52. The van der Waals surface area contributed by atoms with Gasteiger partial charge in [0.2, 0.25) is 5.91 Å². The molecule has 0 saturated carbocycles. The highest BCUT2D eigenvalue weighted by Gasteiger charge is 2.04. The third-order valence-corrected chi connectivity index (χ3v) is 2.47. The van der Waals surface area contributed by atoms with Crippen LogP contribution in [0.3, 0.4) is 0 Å². The van der Waals surface area contributed by atoms with Crippen LogP contribution in [0.2, 0.25) is 0 Å². The number of ether oxygens (including phenoxy) is 1. The van der Waals surface area contributed by atoms with E-state index in [2.05, 4.69) is 24.5 Å². The van der Waals surface area contributed by atoms with Crippen LogP contribution in [0.15, 0.2) is 24.3 Å². The molecule has 0 aliphatic rings. The van der Waals surface area contributed by atoms with Crippen molar-refractivity contribution in [2.75, 3.05) is 11.9 Å². The van der Waals surface area contributed by atoms with Crippen LogP contribution in [0.1, 0.15) is 33.3 Å². The molecule has 0 aliphatic carbocycles. The van der Waals surface area contributed by atoms with E-state index in [1.54, 1.807) is 0 Å². The lowest BCUT2D eigenvalue weighted by Gasteiger charge is -2.11. The summed E-state index contributed by atoms with van der Waals surface area (Å²) in [7, 11) is 0. The molecule has 19 heavy (non-hydrogen) atoms. The Bertz CT molecular complexity index is 403. The van der Waals surface area contributed by atoms with Crippen LogP contribution in [-0.2, 0) is 16.1 Å². The quantitative estimate of drug-likeness (QED) is 0.795. The van der Waals surface area contributed by atoms with Gasteiger partial charge in [0.25, 0.3) is 0 Å². The fraction of sp³-hybridized carbons (Fsp3) is 0.533. The Balaban J connectivity index is 2.49. The summed E-state index contributed by atoms with van der Waals surface area (Å²) in [6.45, 7) is 8.91. The zero-order chi connectivity index (χ0) is 14.3. The molecule has 0 unspecified atom stereocenters. The van der Waals surface area contributed by atoms with E-state index in [1.165, 1.54) is 0 Å². The molecule has 1 amide bonds. The number of hydrogen-bond donors (Lipinski definition) is 2. The highest BCUT2D eigenvalue weighted by atomic mass is 16.5. The van der Waals surface area contributed by atoms with Gasteiger partial charge in [-0.3, -0.25) is 4.79 Å². The highest BCUT2D eigenvalue weighted by molar-refractivity contribution is 5.91. The molecule has 0 radical (unpaired) electrons. The number of amides is 1. The van der Waals surface area contributed by atoms with E-state index in [-0.39, 0.29) is 18.6 Å². The molecule has 0 aliphatic heterocycles. The molecular formula is C15H24N2O2.